The van der Waals surface area contributed by atoms with Gasteiger partial charge in [-0.05, 0) is 20.3 Å². The van der Waals surface area contributed by atoms with E-state index in [1.165, 1.54) is 12.4 Å². The van der Waals surface area contributed by atoms with Crippen molar-refractivity contribution in [1.29, 1.82) is 0 Å². The van der Waals surface area contributed by atoms with E-state index < -0.39 is 0 Å². The molecule has 1 amide bonds. The summed E-state index contributed by atoms with van der Waals surface area (Å²) in [6, 6.07) is 0.204. The van der Waals surface area contributed by atoms with Crippen LogP contribution in [0.3, 0.4) is 0 Å². The van der Waals surface area contributed by atoms with Crippen molar-refractivity contribution in [3.05, 3.63) is 23.2 Å². The molecular weight excluding hydrogens is 226 g/mol. The van der Waals surface area contributed by atoms with Gasteiger partial charge in [-0.2, -0.15) is 0 Å². The molecular formula is C11H16ClN3O. The van der Waals surface area contributed by atoms with E-state index >= 15 is 0 Å². The zero-order valence-corrected chi connectivity index (χ0v) is 10.5. The van der Waals surface area contributed by atoms with Crippen LogP contribution in [0.5, 0.6) is 0 Å². The van der Waals surface area contributed by atoms with Crippen LogP contribution >= 0.6 is 11.6 Å². The van der Waals surface area contributed by atoms with Crippen molar-refractivity contribution in [1.82, 2.24) is 14.9 Å². The molecule has 0 N–H and O–H groups in total. The van der Waals surface area contributed by atoms with Crippen LogP contribution in [0.2, 0.25) is 5.15 Å². The highest BCUT2D eigenvalue weighted by Gasteiger charge is 2.19. The number of hydrogen-bond acceptors (Lipinski definition) is 3. The summed E-state index contributed by atoms with van der Waals surface area (Å²) in [5.74, 6) is -0.0963. The van der Waals surface area contributed by atoms with Crippen LogP contribution in [0, 0.1) is 0 Å². The molecule has 4 nitrogen and oxygen atoms in total. The second-order valence-electron chi connectivity index (χ2n) is 3.57. The van der Waals surface area contributed by atoms with Gasteiger partial charge in [0.15, 0.2) is 0 Å². The van der Waals surface area contributed by atoms with E-state index in [0.717, 1.165) is 6.42 Å². The first-order valence-corrected chi connectivity index (χ1v) is 5.76. The predicted octanol–water partition coefficient (Wildman–Crippen LogP) is 2.39. The van der Waals surface area contributed by atoms with Gasteiger partial charge in [0.2, 0.25) is 0 Å². The van der Waals surface area contributed by atoms with Crippen LogP contribution in [-0.4, -0.2) is 33.4 Å². The number of nitrogens with zero attached hydrogens (tertiary/aromatic N) is 3. The second-order valence-corrected chi connectivity index (χ2v) is 3.96. The quantitative estimate of drug-likeness (QED) is 0.813. The highest BCUT2D eigenvalue weighted by atomic mass is 35.5. The lowest BCUT2D eigenvalue weighted by Gasteiger charge is -2.26. The SMILES string of the molecule is CCC(C)N(CC)C(=O)c1cnc(Cl)cn1. The maximum Gasteiger partial charge on any atom is 0.274 e. The monoisotopic (exact) mass is 241 g/mol. The molecule has 0 bridgehead atoms. The Bertz CT molecular complexity index is 353. The summed E-state index contributed by atoms with van der Waals surface area (Å²) >= 11 is 5.62. The van der Waals surface area contributed by atoms with Crippen molar-refractivity contribution in [2.45, 2.75) is 33.2 Å². The fraction of sp³-hybridized carbons (Fsp3) is 0.545. The first-order chi connectivity index (χ1) is 7.60. The molecule has 0 fully saturated rings. The first-order valence-electron chi connectivity index (χ1n) is 5.38. The van der Waals surface area contributed by atoms with Gasteiger partial charge >= 0.3 is 0 Å². The topological polar surface area (TPSA) is 46.1 Å². The summed E-state index contributed by atoms with van der Waals surface area (Å²) < 4.78 is 0. The Balaban J connectivity index is 2.87. The smallest absolute Gasteiger partial charge is 0.274 e. The average molecular weight is 242 g/mol. The van der Waals surface area contributed by atoms with Gasteiger partial charge in [0.1, 0.15) is 10.8 Å². The Hall–Kier alpha value is -1.16. The molecule has 0 aliphatic heterocycles. The molecule has 1 heterocycles. The molecule has 0 aromatic carbocycles. The number of rotatable bonds is 4. The van der Waals surface area contributed by atoms with Gasteiger partial charge in [0, 0.05) is 12.6 Å². The van der Waals surface area contributed by atoms with E-state index in [4.69, 9.17) is 11.6 Å². The largest absolute Gasteiger partial charge is 0.335 e. The van der Waals surface area contributed by atoms with E-state index in [0.29, 0.717) is 17.4 Å². The maximum atomic E-state index is 12.1. The Morgan fingerprint density at radius 2 is 2.12 bits per heavy atom. The summed E-state index contributed by atoms with van der Waals surface area (Å²) in [5, 5.41) is 0.295. The lowest BCUT2D eigenvalue weighted by molar-refractivity contribution is 0.0693. The van der Waals surface area contributed by atoms with Crippen molar-refractivity contribution in [3.8, 4) is 0 Å². The van der Waals surface area contributed by atoms with Crippen molar-refractivity contribution in [3.63, 3.8) is 0 Å². The third-order valence-corrected chi connectivity index (χ3v) is 2.76. The summed E-state index contributed by atoms with van der Waals surface area (Å²) in [6.45, 7) is 6.68. The van der Waals surface area contributed by atoms with Crippen LogP contribution < -0.4 is 0 Å². The van der Waals surface area contributed by atoms with Gasteiger partial charge < -0.3 is 4.90 Å². The summed E-state index contributed by atoms with van der Waals surface area (Å²) in [5.41, 5.74) is 0.339. The van der Waals surface area contributed by atoms with Gasteiger partial charge in [0.25, 0.3) is 5.91 Å². The second kappa shape index (κ2) is 5.80. The molecule has 1 aromatic rings. The number of aromatic nitrogens is 2. The molecule has 16 heavy (non-hydrogen) atoms. The molecule has 0 saturated carbocycles. The molecule has 0 radical (unpaired) electrons. The van der Waals surface area contributed by atoms with Gasteiger partial charge in [-0.15, -0.1) is 0 Å². The molecule has 0 saturated heterocycles. The molecule has 1 atom stereocenters. The predicted molar refractivity (Wildman–Crippen MR) is 63.5 cm³/mol. The summed E-state index contributed by atoms with van der Waals surface area (Å²) in [6.07, 6.45) is 3.72. The fourth-order valence-corrected chi connectivity index (χ4v) is 1.54. The minimum Gasteiger partial charge on any atom is -0.335 e. The minimum atomic E-state index is -0.0963. The molecule has 0 aliphatic carbocycles. The number of carbonyl (C=O) groups is 1. The average Bonchev–Trinajstić information content (AvgIpc) is 2.30. The van der Waals surface area contributed by atoms with Gasteiger partial charge in [0.05, 0.1) is 12.4 Å². The van der Waals surface area contributed by atoms with E-state index in [1.54, 1.807) is 4.90 Å². The first kappa shape index (κ1) is 12.9. The molecule has 1 unspecified atom stereocenters. The zero-order chi connectivity index (χ0) is 12.1. The van der Waals surface area contributed by atoms with Gasteiger partial charge in [-0.1, -0.05) is 18.5 Å². The molecule has 1 rings (SSSR count). The Labute approximate surface area is 101 Å². The number of carbonyl (C=O) groups excluding carboxylic acids is 1. The van der Waals surface area contributed by atoms with Crippen LogP contribution in [0.4, 0.5) is 0 Å². The third kappa shape index (κ3) is 2.92. The van der Waals surface area contributed by atoms with Crippen LogP contribution in [-0.2, 0) is 0 Å². The highest BCUT2D eigenvalue weighted by molar-refractivity contribution is 6.29. The maximum absolute atomic E-state index is 12.1. The summed E-state index contributed by atoms with van der Waals surface area (Å²) in [7, 11) is 0. The number of amides is 1. The number of hydrogen-bond donors (Lipinski definition) is 0. The van der Waals surface area contributed by atoms with Crippen LogP contribution in [0.15, 0.2) is 12.4 Å². The normalized spacial score (nSPS) is 12.2. The van der Waals surface area contributed by atoms with Crippen LogP contribution in [0.25, 0.3) is 0 Å². The Kier molecular flexibility index (Phi) is 4.68. The van der Waals surface area contributed by atoms with E-state index in [9.17, 15) is 4.79 Å². The standard InChI is InChI=1S/C11H16ClN3O/c1-4-8(3)15(5-2)11(16)9-6-14-10(12)7-13-9/h6-8H,4-5H2,1-3H3. The molecule has 0 aliphatic rings. The fourth-order valence-electron chi connectivity index (χ4n) is 1.45. The van der Waals surface area contributed by atoms with E-state index in [1.807, 2.05) is 20.8 Å². The van der Waals surface area contributed by atoms with Crippen molar-refractivity contribution in [2.75, 3.05) is 6.54 Å². The van der Waals surface area contributed by atoms with Crippen molar-refractivity contribution >= 4 is 17.5 Å². The van der Waals surface area contributed by atoms with Crippen molar-refractivity contribution < 1.29 is 4.79 Å². The number of halogens is 1. The summed E-state index contributed by atoms with van der Waals surface area (Å²) in [4.78, 5) is 21.7. The van der Waals surface area contributed by atoms with E-state index in [-0.39, 0.29) is 11.9 Å². The molecule has 0 spiro atoms. The van der Waals surface area contributed by atoms with Gasteiger partial charge in [-0.25, -0.2) is 9.97 Å². The van der Waals surface area contributed by atoms with Gasteiger partial charge in [-0.3, -0.25) is 4.79 Å². The lowest BCUT2D eigenvalue weighted by atomic mass is 10.2. The molecule has 5 heteroatoms. The highest BCUT2D eigenvalue weighted by Crippen LogP contribution is 2.09. The van der Waals surface area contributed by atoms with Crippen LogP contribution in [0.1, 0.15) is 37.7 Å². The lowest BCUT2D eigenvalue weighted by Crippen LogP contribution is -2.38. The minimum absolute atomic E-state index is 0.0963. The molecule has 1 aromatic heterocycles. The molecule has 88 valence electrons. The zero-order valence-electron chi connectivity index (χ0n) is 9.77. The Morgan fingerprint density at radius 1 is 1.44 bits per heavy atom. The third-order valence-electron chi connectivity index (χ3n) is 2.56. The van der Waals surface area contributed by atoms with E-state index in [2.05, 4.69) is 9.97 Å². The Morgan fingerprint density at radius 3 is 2.56 bits per heavy atom. The van der Waals surface area contributed by atoms with Crippen molar-refractivity contribution in [2.24, 2.45) is 0 Å².